The SMILES string of the molecule is O=[N+]([O-])c1ccc(I)c(P(=O)(O)O)c1. The van der Waals surface area contributed by atoms with Gasteiger partial charge in [-0.2, -0.15) is 0 Å². The molecule has 0 saturated heterocycles. The van der Waals surface area contributed by atoms with E-state index in [0.29, 0.717) is 3.57 Å². The van der Waals surface area contributed by atoms with Gasteiger partial charge in [0.1, 0.15) is 0 Å². The van der Waals surface area contributed by atoms with Crippen LogP contribution in [0.3, 0.4) is 0 Å². The second-order valence-corrected chi connectivity index (χ2v) is 5.17. The van der Waals surface area contributed by atoms with Gasteiger partial charge < -0.3 is 9.79 Å². The molecule has 0 aliphatic carbocycles. The minimum atomic E-state index is -4.43. The normalized spacial score (nSPS) is 11.4. The lowest BCUT2D eigenvalue weighted by Crippen LogP contribution is -2.09. The molecule has 0 spiro atoms. The molecule has 0 bridgehead atoms. The zero-order valence-corrected chi connectivity index (χ0v) is 9.68. The lowest BCUT2D eigenvalue weighted by atomic mass is 10.3. The fraction of sp³-hybridized carbons (Fsp3) is 0. The highest BCUT2D eigenvalue weighted by Crippen LogP contribution is 2.36. The van der Waals surface area contributed by atoms with E-state index >= 15 is 0 Å². The molecule has 0 aromatic heterocycles. The monoisotopic (exact) mass is 329 g/mol. The zero-order chi connectivity index (χ0) is 10.9. The molecule has 0 fully saturated rings. The molecule has 0 heterocycles. The van der Waals surface area contributed by atoms with Crippen molar-refractivity contribution in [3.63, 3.8) is 0 Å². The van der Waals surface area contributed by atoms with Gasteiger partial charge in [-0.1, -0.05) is 0 Å². The molecule has 0 amide bonds. The fourth-order valence-corrected chi connectivity index (χ4v) is 2.77. The molecule has 1 rings (SSSR count). The molecule has 0 atom stereocenters. The van der Waals surface area contributed by atoms with Crippen molar-refractivity contribution < 1.29 is 19.3 Å². The highest BCUT2D eigenvalue weighted by atomic mass is 127. The first-order valence-corrected chi connectivity index (χ1v) is 6.01. The van der Waals surface area contributed by atoms with Crippen LogP contribution in [0.5, 0.6) is 0 Å². The van der Waals surface area contributed by atoms with Crippen LogP contribution in [0, 0.1) is 13.7 Å². The first kappa shape index (κ1) is 11.6. The number of nitro groups is 1. The molecule has 0 aliphatic heterocycles. The Kier molecular flexibility index (Phi) is 3.25. The minimum Gasteiger partial charge on any atom is -0.321 e. The maximum Gasteiger partial charge on any atom is 0.357 e. The van der Waals surface area contributed by atoms with E-state index in [1.807, 2.05) is 0 Å². The molecule has 6 nitrogen and oxygen atoms in total. The zero-order valence-electron chi connectivity index (χ0n) is 6.62. The molecular weight excluding hydrogens is 324 g/mol. The summed E-state index contributed by atoms with van der Waals surface area (Å²) in [5.41, 5.74) is -0.330. The third-order valence-electron chi connectivity index (χ3n) is 1.45. The summed E-state index contributed by atoms with van der Waals surface area (Å²) in [4.78, 5) is 27.4. The van der Waals surface area contributed by atoms with Gasteiger partial charge in [0.2, 0.25) is 0 Å². The van der Waals surface area contributed by atoms with Gasteiger partial charge >= 0.3 is 7.60 Å². The Morgan fingerprint density at radius 1 is 1.43 bits per heavy atom. The number of rotatable bonds is 2. The Morgan fingerprint density at radius 2 is 2.00 bits per heavy atom. The summed E-state index contributed by atoms with van der Waals surface area (Å²) < 4.78 is 11.2. The van der Waals surface area contributed by atoms with Crippen LogP contribution >= 0.6 is 30.2 Å². The number of nitro benzene ring substituents is 1. The van der Waals surface area contributed by atoms with Gasteiger partial charge in [0.25, 0.3) is 5.69 Å². The summed E-state index contributed by atoms with van der Waals surface area (Å²) >= 11 is 1.71. The Bertz CT molecular complexity index is 428. The van der Waals surface area contributed by atoms with Crippen LogP contribution in [0.15, 0.2) is 18.2 Å². The minimum absolute atomic E-state index is 0.307. The van der Waals surface area contributed by atoms with Crippen molar-refractivity contribution in [3.8, 4) is 0 Å². The standard InChI is InChI=1S/C6H5INO5P/c7-5-2-1-4(8(9)10)3-6(5)14(11,12)13/h1-3H,(H2,11,12,13). The van der Waals surface area contributed by atoms with E-state index in [4.69, 9.17) is 9.79 Å². The van der Waals surface area contributed by atoms with Gasteiger partial charge in [0.15, 0.2) is 0 Å². The topological polar surface area (TPSA) is 101 Å². The van der Waals surface area contributed by atoms with Crippen molar-refractivity contribution in [2.24, 2.45) is 0 Å². The van der Waals surface area contributed by atoms with E-state index in [-0.39, 0.29) is 11.0 Å². The van der Waals surface area contributed by atoms with Crippen molar-refractivity contribution in [1.82, 2.24) is 0 Å². The molecule has 2 N–H and O–H groups in total. The van der Waals surface area contributed by atoms with Crippen LogP contribution in [-0.2, 0) is 4.57 Å². The van der Waals surface area contributed by atoms with Crippen molar-refractivity contribution in [2.45, 2.75) is 0 Å². The Labute approximate surface area is 92.4 Å². The summed E-state index contributed by atoms with van der Waals surface area (Å²) in [5.74, 6) is 0. The second kappa shape index (κ2) is 3.93. The molecule has 8 heteroatoms. The largest absolute Gasteiger partial charge is 0.357 e. The number of benzene rings is 1. The van der Waals surface area contributed by atoms with E-state index in [1.54, 1.807) is 22.6 Å². The van der Waals surface area contributed by atoms with E-state index in [0.717, 1.165) is 6.07 Å². The van der Waals surface area contributed by atoms with Crippen LogP contribution in [-0.4, -0.2) is 14.7 Å². The van der Waals surface area contributed by atoms with Gasteiger partial charge in [-0.15, -0.1) is 0 Å². The summed E-state index contributed by atoms with van der Waals surface area (Å²) in [6.45, 7) is 0. The second-order valence-electron chi connectivity index (χ2n) is 2.44. The maximum atomic E-state index is 10.9. The predicted molar refractivity (Wildman–Crippen MR) is 57.5 cm³/mol. The van der Waals surface area contributed by atoms with Gasteiger partial charge in [0.05, 0.1) is 10.2 Å². The number of non-ortho nitro benzene ring substituents is 1. The van der Waals surface area contributed by atoms with Crippen molar-refractivity contribution >= 4 is 41.2 Å². The summed E-state index contributed by atoms with van der Waals surface area (Å²) in [6, 6.07) is 3.39. The lowest BCUT2D eigenvalue weighted by molar-refractivity contribution is -0.384. The first-order chi connectivity index (χ1) is 6.32. The molecule has 0 radical (unpaired) electrons. The van der Waals surface area contributed by atoms with Gasteiger partial charge in [-0.05, 0) is 28.7 Å². The van der Waals surface area contributed by atoms with Crippen LogP contribution < -0.4 is 5.30 Å². The van der Waals surface area contributed by atoms with E-state index < -0.39 is 12.5 Å². The average molecular weight is 329 g/mol. The Balaban J connectivity index is 3.36. The predicted octanol–water partition coefficient (Wildman–Crippen LogP) is 1.00. The molecule has 0 aliphatic rings. The Morgan fingerprint density at radius 3 is 2.43 bits per heavy atom. The summed E-state index contributed by atoms with van der Waals surface area (Å²) in [5, 5.41) is 10.0. The highest BCUT2D eigenvalue weighted by Gasteiger charge is 2.23. The molecule has 1 aromatic rings. The quantitative estimate of drug-likeness (QED) is 0.365. The summed E-state index contributed by atoms with van der Waals surface area (Å²) in [7, 11) is -4.43. The number of halogens is 1. The number of hydrogen-bond acceptors (Lipinski definition) is 3. The first-order valence-electron chi connectivity index (χ1n) is 3.32. The molecular formula is C6H5INO5P. The smallest absolute Gasteiger partial charge is 0.321 e. The van der Waals surface area contributed by atoms with Gasteiger partial charge in [-0.3, -0.25) is 14.7 Å². The number of hydrogen-bond donors (Lipinski definition) is 2. The third-order valence-corrected chi connectivity index (χ3v) is 3.82. The number of nitrogens with zero attached hydrogens (tertiary/aromatic N) is 1. The molecule has 14 heavy (non-hydrogen) atoms. The van der Waals surface area contributed by atoms with Crippen molar-refractivity contribution in [3.05, 3.63) is 31.9 Å². The molecule has 0 unspecified atom stereocenters. The molecule has 0 saturated carbocycles. The average Bonchev–Trinajstić information content (AvgIpc) is 2.02. The van der Waals surface area contributed by atoms with Crippen LogP contribution in [0.2, 0.25) is 0 Å². The maximum absolute atomic E-state index is 10.9. The van der Waals surface area contributed by atoms with Crippen molar-refractivity contribution in [2.75, 3.05) is 0 Å². The summed E-state index contributed by atoms with van der Waals surface area (Å²) in [6.07, 6.45) is 0. The Hall–Kier alpha value is -0.500. The van der Waals surface area contributed by atoms with Crippen LogP contribution in [0.4, 0.5) is 5.69 Å². The molecule has 1 aromatic carbocycles. The van der Waals surface area contributed by atoms with E-state index in [2.05, 4.69) is 0 Å². The highest BCUT2D eigenvalue weighted by molar-refractivity contribution is 14.1. The van der Waals surface area contributed by atoms with Crippen LogP contribution in [0.25, 0.3) is 0 Å². The van der Waals surface area contributed by atoms with Gasteiger partial charge in [0, 0.05) is 15.7 Å². The molecule has 76 valence electrons. The third kappa shape index (κ3) is 2.50. The lowest BCUT2D eigenvalue weighted by Gasteiger charge is -2.05. The fourth-order valence-electron chi connectivity index (χ4n) is 0.838. The van der Waals surface area contributed by atoms with Crippen molar-refractivity contribution in [1.29, 1.82) is 0 Å². The van der Waals surface area contributed by atoms with Gasteiger partial charge in [-0.25, -0.2) is 0 Å². The van der Waals surface area contributed by atoms with E-state index in [1.165, 1.54) is 12.1 Å². The van der Waals surface area contributed by atoms with Crippen LogP contribution in [0.1, 0.15) is 0 Å². The van der Waals surface area contributed by atoms with E-state index in [9.17, 15) is 14.7 Å².